The topological polar surface area (TPSA) is 97.6 Å². The third-order valence-electron chi connectivity index (χ3n) is 3.90. The molecule has 0 aliphatic rings. The number of sulfonamides is 1. The molecule has 0 fully saturated rings. The Morgan fingerprint density at radius 2 is 1.90 bits per heavy atom. The standard InChI is InChI=1S/C21H20N2O5S/c1-2-12-27-18-10-8-16(9-11-18)21(24)23-17-5-3-7-20(14-17)29(25,26)22-15-19-6-4-13-28-19/h2-11,13-14,22H,1,12,15H2,(H,23,24). The van der Waals surface area contributed by atoms with Crippen LogP contribution in [0.4, 0.5) is 5.69 Å². The Hall–Kier alpha value is -3.36. The summed E-state index contributed by atoms with van der Waals surface area (Å²) in [5.74, 6) is 0.758. The fourth-order valence-electron chi connectivity index (χ4n) is 2.46. The van der Waals surface area contributed by atoms with Gasteiger partial charge in [0.05, 0.1) is 17.7 Å². The number of hydrogen-bond donors (Lipinski definition) is 2. The predicted octanol–water partition coefficient (Wildman–Crippen LogP) is 3.58. The van der Waals surface area contributed by atoms with Crippen molar-refractivity contribution in [3.63, 3.8) is 0 Å². The molecule has 3 rings (SSSR count). The van der Waals surface area contributed by atoms with Crippen LogP contribution in [0, 0.1) is 0 Å². The molecule has 0 spiro atoms. The number of hydrogen-bond acceptors (Lipinski definition) is 5. The maximum absolute atomic E-state index is 12.5. The molecule has 0 atom stereocenters. The zero-order valence-electron chi connectivity index (χ0n) is 15.5. The predicted molar refractivity (Wildman–Crippen MR) is 109 cm³/mol. The molecule has 0 radical (unpaired) electrons. The SMILES string of the molecule is C=CCOc1ccc(C(=O)Nc2cccc(S(=O)(=O)NCc3ccco3)c2)cc1. The summed E-state index contributed by atoms with van der Waals surface area (Å²) in [7, 11) is -3.76. The van der Waals surface area contributed by atoms with E-state index in [4.69, 9.17) is 9.15 Å². The Balaban J connectivity index is 1.67. The van der Waals surface area contributed by atoms with Crippen molar-refractivity contribution >= 4 is 21.6 Å². The highest BCUT2D eigenvalue weighted by atomic mass is 32.2. The minimum Gasteiger partial charge on any atom is -0.490 e. The minimum atomic E-state index is -3.76. The first-order valence-electron chi connectivity index (χ1n) is 8.75. The number of benzene rings is 2. The number of furan rings is 1. The third-order valence-corrected chi connectivity index (χ3v) is 5.30. The molecule has 7 nitrogen and oxygen atoms in total. The molecule has 0 aliphatic heterocycles. The molecule has 1 aromatic heterocycles. The molecule has 0 bridgehead atoms. The van der Waals surface area contributed by atoms with Gasteiger partial charge in [0.1, 0.15) is 18.1 Å². The van der Waals surface area contributed by atoms with Gasteiger partial charge in [-0.25, -0.2) is 13.1 Å². The molecule has 1 heterocycles. The maximum Gasteiger partial charge on any atom is 0.255 e. The molecule has 29 heavy (non-hydrogen) atoms. The van der Waals surface area contributed by atoms with Gasteiger partial charge in [0.15, 0.2) is 0 Å². The summed E-state index contributed by atoms with van der Waals surface area (Å²) < 4.78 is 37.9. The lowest BCUT2D eigenvalue weighted by molar-refractivity contribution is 0.102. The summed E-state index contributed by atoms with van der Waals surface area (Å²) >= 11 is 0. The molecule has 2 N–H and O–H groups in total. The number of carbonyl (C=O) groups excluding carboxylic acids is 1. The second-order valence-corrected chi connectivity index (χ2v) is 7.78. The van der Waals surface area contributed by atoms with E-state index in [1.165, 1.54) is 18.4 Å². The average Bonchev–Trinajstić information content (AvgIpc) is 3.25. The van der Waals surface area contributed by atoms with Crippen LogP contribution in [-0.4, -0.2) is 20.9 Å². The van der Waals surface area contributed by atoms with Crippen molar-refractivity contribution in [2.75, 3.05) is 11.9 Å². The quantitative estimate of drug-likeness (QED) is 0.524. The molecule has 8 heteroatoms. The van der Waals surface area contributed by atoms with Gasteiger partial charge in [-0.15, -0.1) is 0 Å². The Morgan fingerprint density at radius 1 is 1.10 bits per heavy atom. The van der Waals surface area contributed by atoms with Gasteiger partial charge in [0.25, 0.3) is 5.91 Å². The highest BCUT2D eigenvalue weighted by Crippen LogP contribution is 2.18. The molecule has 2 aromatic carbocycles. The third kappa shape index (κ3) is 5.56. The van der Waals surface area contributed by atoms with Crippen LogP contribution in [0.15, 0.2) is 88.9 Å². The summed E-state index contributed by atoms with van der Waals surface area (Å²) in [6.45, 7) is 3.99. The van der Waals surface area contributed by atoms with E-state index < -0.39 is 10.0 Å². The first-order valence-corrected chi connectivity index (χ1v) is 10.2. The normalized spacial score (nSPS) is 11.0. The van der Waals surface area contributed by atoms with Crippen LogP contribution >= 0.6 is 0 Å². The monoisotopic (exact) mass is 412 g/mol. The smallest absolute Gasteiger partial charge is 0.255 e. The zero-order chi connectivity index (χ0) is 20.7. The lowest BCUT2D eigenvalue weighted by Crippen LogP contribution is -2.23. The number of nitrogens with one attached hydrogen (secondary N) is 2. The van der Waals surface area contributed by atoms with Crippen molar-refractivity contribution in [1.29, 1.82) is 0 Å². The zero-order valence-corrected chi connectivity index (χ0v) is 16.3. The summed E-state index contributed by atoms with van der Waals surface area (Å²) in [6, 6.07) is 16.0. The van der Waals surface area contributed by atoms with Crippen molar-refractivity contribution in [2.45, 2.75) is 11.4 Å². The van der Waals surface area contributed by atoms with Crippen LogP contribution < -0.4 is 14.8 Å². The molecule has 150 valence electrons. The number of anilines is 1. The van der Waals surface area contributed by atoms with Crippen LogP contribution in [0.25, 0.3) is 0 Å². The number of carbonyl (C=O) groups is 1. The average molecular weight is 412 g/mol. The van der Waals surface area contributed by atoms with Crippen LogP contribution in [0.2, 0.25) is 0 Å². The molecular formula is C21H20N2O5S. The summed E-state index contributed by atoms with van der Waals surface area (Å²) in [5, 5.41) is 2.70. The largest absolute Gasteiger partial charge is 0.490 e. The number of rotatable bonds is 9. The van der Waals surface area contributed by atoms with E-state index in [1.807, 2.05) is 0 Å². The first-order chi connectivity index (χ1) is 14.0. The van der Waals surface area contributed by atoms with Crippen molar-refractivity contribution in [3.8, 4) is 5.75 Å². The van der Waals surface area contributed by atoms with Crippen LogP contribution in [-0.2, 0) is 16.6 Å². The van der Waals surface area contributed by atoms with Gasteiger partial charge >= 0.3 is 0 Å². The molecule has 0 aliphatic carbocycles. The lowest BCUT2D eigenvalue weighted by Gasteiger charge is -2.09. The van der Waals surface area contributed by atoms with Crippen LogP contribution in [0.1, 0.15) is 16.1 Å². The van der Waals surface area contributed by atoms with Gasteiger partial charge in [-0.2, -0.15) is 0 Å². The van der Waals surface area contributed by atoms with Crippen LogP contribution in [0.3, 0.4) is 0 Å². The van der Waals surface area contributed by atoms with Gasteiger partial charge in [-0.1, -0.05) is 18.7 Å². The number of amides is 1. The highest BCUT2D eigenvalue weighted by Gasteiger charge is 2.16. The molecular weight excluding hydrogens is 392 g/mol. The fraction of sp³-hybridized carbons (Fsp3) is 0.0952. The van der Waals surface area contributed by atoms with Crippen molar-refractivity contribution in [2.24, 2.45) is 0 Å². The molecule has 0 saturated carbocycles. The van der Waals surface area contributed by atoms with Gasteiger partial charge in [0, 0.05) is 11.3 Å². The summed E-state index contributed by atoms with van der Waals surface area (Å²) in [4.78, 5) is 12.5. The molecule has 0 saturated heterocycles. The van der Waals surface area contributed by atoms with Gasteiger partial charge in [-0.05, 0) is 54.6 Å². The first kappa shape index (κ1) is 20.4. The van der Waals surface area contributed by atoms with E-state index >= 15 is 0 Å². The van der Waals surface area contributed by atoms with E-state index in [0.29, 0.717) is 29.4 Å². The van der Waals surface area contributed by atoms with E-state index in [-0.39, 0.29) is 17.3 Å². The summed E-state index contributed by atoms with van der Waals surface area (Å²) in [6.07, 6.45) is 3.10. The molecule has 3 aromatic rings. The van der Waals surface area contributed by atoms with Crippen LogP contribution in [0.5, 0.6) is 5.75 Å². The number of ether oxygens (including phenoxy) is 1. The lowest BCUT2D eigenvalue weighted by atomic mass is 10.2. The molecule has 1 amide bonds. The summed E-state index contributed by atoms with van der Waals surface area (Å²) in [5.41, 5.74) is 0.781. The van der Waals surface area contributed by atoms with Gasteiger partial charge in [-0.3, -0.25) is 4.79 Å². The second-order valence-electron chi connectivity index (χ2n) is 6.01. The van der Waals surface area contributed by atoms with Gasteiger partial charge in [0.2, 0.25) is 10.0 Å². The van der Waals surface area contributed by atoms with E-state index in [9.17, 15) is 13.2 Å². The Labute approximate surface area is 169 Å². The van der Waals surface area contributed by atoms with Crippen molar-refractivity contribution in [3.05, 3.63) is 90.9 Å². The van der Waals surface area contributed by atoms with Crippen molar-refractivity contribution in [1.82, 2.24) is 4.72 Å². The van der Waals surface area contributed by atoms with E-state index in [1.54, 1.807) is 54.6 Å². The highest BCUT2D eigenvalue weighted by molar-refractivity contribution is 7.89. The fourth-order valence-corrected chi connectivity index (χ4v) is 3.50. The maximum atomic E-state index is 12.5. The van der Waals surface area contributed by atoms with E-state index in [2.05, 4.69) is 16.6 Å². The Kier molecular flexibility index (Phi) is 6.48. The Morgan fingerprint density at radius 3 is 2.59 bits per heavy atom. The Bertz CT molecular complexity index is 1070. The van der Waals surface area contributed by atoms with Crippen molar-refractivity contribution < 1.29 is 22.4 Å². The van der Waals surface area contributed by atoms with E-state index in [0.717, 1.165) is 0 Å². The molecule has 0 unspecified atom stereocenters. The second kappa shape index (κ2) is 9.22. The van der Waals surface area contributed by atoms with Gasteiger partial charge < -0.3 is 14.5 Å². The minimum absolute atomic E-state index is 0.0339.